The molecule has 0 aliphatic carbocycles. The molecule has 0 radical (unpaired) electrons. The highest BCUT2D eigenvalue weighted by atomic mass is 16.6. The number of rotatable bonds is 5. The van der Waals surface area contributed by atoms with Crippen LogP contribution in [-0.2, 0) is 4.79 Å². The second-order valence-corrected chi connectivity index (χ2v) is 8.85. The molecular formula is C29H24O9. The molecule has 1 atom stereocenters. The van der Waals surface area contributed by atoms with Gasteiger partial charge >= 0.3 is 5.97 Å². The van der Waals surface area contributed by atoms with E-state index in [1.54, 1.807) is 36.4 Å². The Bertz CT molecular complexity index is 1500. The minimum atomic E-state index is -0.516. The summed E-state index contributed by atoms with van der Waals surface area (Å²) in [5.74, 6) is 2.22. The first kappa shape index (κ1) is 23.7. The van der Waals surface area contributed by atoms with Crippen molar-refractivity contribution in [2.24, 2.45) is 0 Å². The predicted octanol–water partition coefficient (Wildman–Crippen LogP) is 4.54. The van der Waals surface area contributed by atoms with Crippen LogP contribution in [0.15, 0.2) is 48.2 Å². The minimum Gasteiger partial charge on any atom is -0.493 e. The van der Waals surface area contributed by atoms with Gasteiger partial charge in [0.05, 0.1) is 33.3 Å². The van der Waals surface area contributed by atoms with Crippen LogP contribution in [0.4, 0.5) is 0 Å². The average molecular weight is 517 g/mol. The molecule has 0 bridgehead atoms. The van der Waals surface area contributed by atoms with Gasteiger partial charge in [-0.25, -0.2) is 0 Å². The summed E-state index contributed by atoms with van der Waals surface area (Å²) >= 11 is 0. The molecule has 3 aliphatic heterocycles. The molecule has 38 heavy (non-hydrogen) atoms. The zero-order chi connectivity index (χ0) is 26.4. The Hall–Kier alpha value is -4.66. The molecule has 3 aromatic rings. The third-order valence-electron chi connectivity index (χ3n) is 6.75. The lowest BCUT2D eigenvalue weighted by Gasteiger charge is -2.28. The number of hydrogen-bond acceptors (Lipinski definition) is 9. The van der Waals surface area contributed by atoms with Crippen LogP contribution in [0, 0.1) is 0 Å². The van der Waals surface area contributed by atoms with Gasteiger partial charge in [0, 0.05) is 17.0 Å². The molecule has 9 heteroatoms. The molecule has 0 fully saturated rings. The number of Topliss-reactive ketones (excluding diaryl/α,β-unsaturated/α-hetero) is 1. The number of methoxy groups -OCH3 is 3. The van der Waals surface area contributed by atoms with E-state index in [1.165, 1.54) is 21.3 Å². The normalized spacial score (nSPS) is 18.3. The molecule has 0 N–H and O–H groups in total. The Balaban J connectivity index is 1.44. The highest BCUT2D eigenvalue weighted by Gasteiger charge is 2.40. The summed E-state index contributed by atoms with van der Waals surface area (Å²) in [5, 5.41) is 0. The summed E-state index contributed by atoms with van der Waals surface area (Å²) in [6.07, 6.45) is 1.68. The van der Waals surface area contributed by atoms with E-state index >= 15 is 0 Å². The minimum absolute atomic E-state index is 0.0219. The van der Waals surface area contributed by atoms with Crippen LogP contribution in [0.25, 0.3) is 6.08 Å². The van der Waals surface area contributed by atoms with E-state index in [1.807, 2.05) is 12.1 Å². The fraction of sp³-hybridized carbons (Fsp3) is 0.241. The third kappa shape index (κ3) is 3.78. The van der Waals surface area contributed by atoms with Gasteiger partial charge in [0.1, 0.15) is 24.7 Å². The maximum absolute atomic E-state index is 13.4. The Morgan fingerprint density at radius 1 is 0.816 bits per heavy atom. The summed E-state index contributed by atoms with van der Waals surface area (Å²) in [5.41, 5.74) is 2.38. The SMILES string of the molecule is COc1ccc([C@@H]2CC(=O)Oc3ccc4c(c32)O/C(=C\c2ccc3c(c2)OCCO3)C4=O)c(OC)c1OC. The van der Waals surface area contributed by atoms with Gasteiger partial charge in [0.2, 0.25) is 11.5 Å². The number of fused-ring (bicyclic) bond motifs is 4. The van der Waals surface area contributed by atoms with Crippen molar-refractivity contribution in [2.75, 3.05) is 34.5 Å². The molecule has 0 amide bonds. The topological polar surface area (TPSA) is 98.8 Å². The van der Waals surface area contributed by atoms with Gasteiger partial charge in [0.25, 0.3) is 0 Å². The molecule has 3 aromatic carbocycles. The number of esters is 1. The quantitative estimate of drug-likeness (QED) is 0.275. The van der Waals surface area contributed by atoms with E-state index in [9.17, 15) is 9.59 Å². The molecule has 0 spiro atoms. The van der Waals surface area contributed by atoms with E-state index < -0.39 is 11.9 Å². The van der Waals surface area contributed by atoms with Crippen molar-refractivity contribution in [3.8, 4) is 40.2 Å². The van der Waals surface area contributed by atoms with Gasteiger partial charge in [-0.1, -0.05) is 12.1 Å². The molecule has 3 aliphatic rings. The Labute approximate surface area is 218 Å². The van der Waals surface area contributed by atoms with Crippen LogP contribution in [0.5, 0.6) is 40.2 Å². The first-order chi connectivity index (χ1) is 18.5. The Morgan fingerprint density at radius 2 is 1.58 bits per heavy atom. The maximum Gasteiger partial charge on any atom is 0.312 e. The third-order valence-corrected chi connectivity index (χ3v) is 6.75. The van der Waals surface area contributed by atoms with Crippen molar-refractivity contribution in [2.45, 2.75) is 12.3 Å². The molecule has 9 nitrogen and oxygen atoms in total. The van der Waals surface area contributed by atoms with Crippen LogP contribution in [-0.4, -0.2) is 46.3 Å². The van der Waals surface area contributed by atoms with Crippen molar-refractivity contribution < 1.29 is 42.7 Å². The number of benzene rings is 3. The van der Waals surface area contributed by atoms with Crippen molar-refractivity contribution in [3.63, 3.8) is 0 Å². The summed E-state index contributed by atoms with van der Waals surface area (Å²) in [7, 11) is 4.57. The average Bonchev–Trinajstić information content (AvgIpc) is 3.26. The second-order valence-electron chi connectivity index (χ2n) is 8.85. The second kappa shape index (κ2) is 9.33. The number of hydrogen-bond donors (Lipinski definition) is 0. The van der Waals surface area contributed by atoms with Gasteiger partial charge in [-0.05, 0) is 42.0 Å². The molecular weight excluding hydrogens is 492 g/mol. The molecule has 0 aromatic heterocycles. The highest BCUT2D eigenvalue weighted by Crippen LogP contribution is 2.53. The summed E-state index contributed by atoms with van der Waals surface area (Å²) < 4.78 is 39.7. The number of ether oxygens (including phenoxy) is 7. The zero-order valence-corrected chi connectivity index (χ0v) is 21.0. The van der Waals surface area contributed by atoms with Crippen molar-refractivity contribution in [1.82, 2.24) is 0 Å². The first-order valence-corrected chi connectivity index (χ1v) is 12.0. The van der Waals surface area contributed by atoms with Crippen LogP contribution < -0.4 is 33.2 Å². The lowest BCUT2D eigenvalue weighted by Crippen LogP contribution is -2.22. The van der Waals surface area contributed by atoms with Gasteiger partial charge in [-0.2, -0.15) is 0 Å². The molecule has 3 heterocycles. The molecule has 0 saturated carbocycles. The van der Waals surface area contributed by atoms with E-state index in [4.69, 9.17) is 33.2 Å². The van der Waals surface area contributed by atoms with E-state index in [2.05, 4.69) is 0 Å². The lowest BCUT2D eigenvalue weighted by molar-refractivity contribution is -0.135. The highest BCUT2D eigenvalue weighted by molar-refractivity contribution is 6.15. The van der Waals surface area contributed by atoms with E-state index in [-0.39, 0.29) is 18.0 Å². The number of carbonyl (C=O) groups is 2. The monoisotopic (exact) mass is 516 g/mol. The maximum atomic E-state index is 13.4. The van der Waals surface area contributed by atoms with Crippen LogP contribution in [0.1, 0.15) is 39.4 Å². The Kier molecular flexibility index (Phi) is 5.83. The summed E-state index contributed by atoms with van der Waals surface area (Å²) in [6, 6.07) is 12.2. The van der Waals surface area contributed by atoms with Gasteiger partial charge in [-0.15, -0.1) is 0 Å². The molecule has 0 saturated heterocycles. The van der Waals surface area contributed by atoms with Gasteiger partial charge in [0.15, 0.2) is 28.8 Å². The molecule has 6 rings (SSSR count). The van der Waals surface area contributed by atoms with Crippen molar-refractivity contribution in [1.29, 1.82) is 0 Å². The Morgan fingerprint density at radius 3 is 2.34 bits per heavy atom. The molecule has 194 valence electrons. The zero-order valence-electron chi connectivity index (χ0n) is 21.0. The smallest absolute Gasteiger partial charge is 0.312 e. The fourth-order valence-electron chi connectivity index (χ4n) is 5.07. The van der Waals surface area contributed by atoms with E-state index in [0.717, 1.165) is 5.56 Å². The fourth-order valence-corrected chi connectivity index (χ4v) is 5.07. The summed E-state index contributed by atoms with van der Waals surface area (Å²) in [4.78, 5) is 26.0. The number of carbonyl (C=O) groups excluding carboxylic acids is 2. The van der Waals surface area contributed by atoms with Crippen LogP contribution >= 0.6 is 0 Å². The van der Waals surface area contributed by atoms with Crippen LogP contribution in [0.3, 0.4) is 0 Å². The van der Waals surface area contributed by atoms with Gasteiger partial charge in [-0.3, -0.25) is 9.59 Å². The first-order valence-electron chi connectivity index (χ1n) is 12.0. The van der Waals surface area contributed by atoms with Crippen LogP contribution in [0.2, 0.25) is 0 Å². The van der Waals surface area contributed by atoms with Crippen molar-refractivity contribution >= 4 is 17.8 Å². The van der Waals surface area contributed by atoms with E-state index in [0.29, 0.717) is 70.2 Å². The predicted molar refractivity (Wildman–Crippen MR) is 135 cm³/mol. The molecule has 0 unspecified atom stereocenters. The van der Waals surface area contributed by atoms with Gasteiger partial charge < -0.3 is 33.2 Å². The standard InChI is InChI=1S/C29H24O9/c1-32-21-9-5-16(28(33-2)29(21)34-3)18-14-24(30)37-20-8-6-17-26(31)23(38-27(17)25(18)20)13-15-4-7-19-22(12-15)36-11-10-35-19/h4-9,12-13,18H,10-11,14H2,1-3H3/b23-13-/t18-/m0/s1. The lowest BCUT2D eigenvalue weighted by atomic mass is 9.84. The number of ketones is 1. The number of allylic oxidation sites excluding steroid dienone is 1. The largest absolute Gasteiger partial charge is 0.493 e. The van der Waals surface area contributed by atoms with Crippen molar-refractivity contribution in [3.05, 3.63) is 70.5 Å². The summed E-state index contributed by atoms with van der Waals surface area (Å²) in [6.45, 7) is 0.950.